The van der Waals surface area contributed by atoms with Crippen molar-refractivity contribution in [3.05, 3.63) is 28.7 Å². The topological polar surface area (TPSA) is 34.2 Å². The second kappa shape index (κ2) is 4.11. The summed E-state index contributed by atoms with van der Waals surface area (Å²) in [5, 5.41) is 1.15. The Bertz CT molecular complexity index is 619. The molecule has 1 saturated heterocycles. The average molecular weight is 322 g/mol. The molecule has 19 heavy (non-hydrogen) atoms. The number of benzene rings is 1. The zero-order chi connectivity index (χ0) is 13.8. The van der Waals surface area contributed by atoms with Gasteiger partial charge in [0.05, 0.1) is 11.2 Å². The van der Waals surface area contributed by atoms with Gasteiger partial charge in [0.15, 0.2) is 0 Å². The molecule has 0 unspecified atom stereocenters. The third-order valence-electron chi connectivity index (χ3n) is 4.11. The van der Waals surface area contributed by atoms with Gasteiger partial charge in [-0.15, -0.1) is 0 Å². The van der Waals surface area contributed by atoms with E-state index in [4.69, 9.17) is 9.31 Å². The van der Waals surface area contributed by atoms with E-state index in [2.05, 4.69) is 60.7 Å². The molecule has 0 bridgehead atoms. The minimum atomic E-state index is -0.337. The fourth-order valence-electron chi connectivity index (χ4n) is 2.22. The van der Waals surface area contributed by atoms with Gasteiger partial charge in [0.1, 0.15) is 0 Å². The molecular formula is C14H17BBrNO2. The average Bonchev–Trinajstić information content (AvgIpc) is 2.78. The van der Waals surface area contributed by atoms with Gasteiger partial charge in [0, 0.05) is 21.0 Å². The third kappa shape index (κ3) is 2.14. The molecule has 1 aliphatic rings. The molecule has 1 fully saturated rings. The summed E-state index contributed by atoms with van der Waals surface area (Å²) >= 11 is 3.48. The highest BCUT2D eigenvalue weighted by Crippen LogP contribution is 2.36. The lowest BCUT2D eigenvalue weighted by molar-refractivity contribution is 0.00578. The predicted octanol–water partition coefficient (Wildman–Crippen LogP) is 3.23. The molecule has 0 saturated carbocycles. The maximum atomic E-state index is 6.04. The maximum absolute atomic E-state index is 6.04. The van der Waals surface area contributed by atoms with Crippen LogP contribution in [0.3, 0.4) is 0 Å². The van der Waals surface area contributed by atoms with Crippen molar-refractivity contribution in [2.75, 3.05) is 0 Å². The highest BCUT2D eigenvalue weighted by atomic mass is 79.9. The lowest BCUT2D eigenvalue weighted by Crippen LogP contribution is -2.41. The third-order valence-corrected chi connectivity index (χ3v) is 4.60. The van der Waals surface area contributed by atoms with Gasteiger partial charge in [-0.1, -0.05) is 15.9 Å². The predicted molar refractivity (Wildman–Crippen MR) is 81.7 cm³/mol. The number of hydrogen-bond acceptors (Lipinski definition) is 2. The Morgan fingerprint density at radius 2 is 1.68 bits per heavy atom. The van der Waals surface area contributed by atoms with Crippen molar-refractivity contribution in [3.63, 3.8) is 0 Å². The lowest BCUT2D eigenvalue weighted by atomic mass is 9.85. The van der Waals surface area contributed by atoms with Gasteiger partial charge in [-0.25, -0.2) is 0 Å². The highest BCUT2D eigenvalue weighted by Gasteiger charge is 2.52. The monoisotopic (exact) mass is 321 g/mol. The van der Waals surface area contributed by atoms with E-state index in [1.807, 2.05) is 12.1 Å². The van der Waals surface area contributed by atoms with Crippen molar-refractivity contribution < 1.29 is 9.31 Å². The lowest BCUT2D eigenvalue weighted by Gasteiger charge is -2.32. The number of halogens is 1. The van der Waals surface area contributed by atoms with Crippen molar-refractivity contribution in [1.82, 2.24) is 4.98 Å². The molecule has 1 N–H and O–H groups in total. The molecule has 0 spiro atoms. The summed E-state index contributed by atoms with van der Waals surface area (Å²) in [5.41, 5.74) is 1.44. The van der Waals surface area contributed by atoms with Gasteiger partial charge in [-0.2, -0.15) is 0 Å². The molecule has 0 atom stereocenters. The summed E-state index contributed by atoms with van der Waals surface area (Å²) in [6, 6.07) is 8.24. The number of nitrogens with one attached hydrogen (secondary N) is 1. The van der Waals surface area contributed by atoms with Crippen LogP contribution in [0.5, 0.6) is 0 Å². The molecule has 3 nitrogen and oxygen atoms in total. The van der Waals surface area contributed by atoms with Gasteiger partial charge in [0.2, 0.25) is 0 Å². The largest absolute Gasteiger partial charge is 0.512 e. The molecule has 100 valence electrons. The van der Waals surface area contributed by atoms with Crippen molar-refractivity contribution >= 4 is 39.5 Å². The summed E-state index contributed by atoms with van der Waals surface area (Å²) in [7, 11) is -0.337. The number of hydrogen-bond donors (Lipinski definition) is 1. The Morgan fingerprint density at radius 3 is 2.32 bits per heavy atom. The first-order valence-corrected chi connectivity index (χ1v) is 7.22. The van der Waals surface area contributed by atoms with Gasteiger partial charge in [0.25, 0.3) is 0 Å². The Hall–Kier alpha value is -0.775. The minimum Gasteiger partial charge on any atom is -0.398 e. The van der Waals surface area contributed by atoms with Crippen LogP contribution in [0.4, 0.5) is 0 Å². The molecule has 1 aromatic carbocycles. The molecule has 3 rings (SSSR count). The van der Waals surface area contributed by atoms with E-state index in [1.54, 1.807) is 0 Å². The van der Waals surface area contributed by atoms with Gasteiger partial charge < -0.3 is 14.3 Å². The van der Waals surface area contributed by atoms with E-state index in [0.717, 1.165) is 21.0 Å². The molecule has 2 heterocycles. The second-order valence-corrected chi connectivity index (χ2v) is 6.96. The van der Waals surface area contributed by atoms with Crippen molar-refractivity contribution in [3.8, 4) is 0 Å². The number of aromatic amines is 1. The molecule has 0 aliphatic carbocycles. The van der Waals surface area contributed by atoms with Crippen LogP contribution in [0.1, 0.15) is 27.7 Å². The van der Waals surface area contributed by atoms with Gasteiger partial charge in [-0.3, -0.25) is 0 Å². The summed E-state index contributed by atoms with van der Waals surface area (Å²) in [6.45, 7) is 8.25. The quantitative estimate of drug-likeness (QED) is 0.818. The first kappa shape index (κ1) is 13.2. The van der Waals surface area contributed by atoms with E-state index in [0.29, 0.717) is 0 Å². The molecule has 2 aromatic rings. The van der Waals surface area contributed by atoms with Crippen molar-refractivity contribution in [1.29, 1.82) is 0 Å². The zero-order valence-electron chi connectivity index (χ0n) is 11.6. The maximum Gasteiger partial charge on any atom is 0.512 e. The number of aromatic nitrogens is 1. The van der Waals surface area contributed by atoms with Gasteiger partial charge in [-0.05, 0) is 52.0 Å². The van der Waals surface area contributed by atoms with E-state index in [1.165, 1.54) is 0 Å². The number of fused-ring (bicyclic) bond motifs is 1. The van der Waals surface area contributed by atoms with Crippen LogP contribution < -0.4 is 5.59 Å². The highest BCUT2D eigenvalue weighted by molar-refractivity contribution is 9.10. The van der Waals surface area contributed by atoms with Crippen LogP contribution in [0.25, 0.3) is 10.9 Å². The van der Waals surface area contributed by atoms with E-state index in [-0.39, 0.29) is 18.3 Å². The molecule has 1 aromatic heterocycles. The SMILES string of the molecule is CC1(C)OB(c2cc3cc(Br)ccc3[nH]2)OC1(C)C. The normalized spacial score (nSPS) is 21.2. The van der Waals surface area contributed by atoms with Crippen LogP contribution in [0, 0.1) is 0 Å². The fourth-order valence-corrected chi connectivity index (χ4v) is 2.60. The Labute approximate surface area is 121 Å². The van der Waals surface area contributed by atoms with Crippen LogP contribution in [0.2, 0.25) is 0 Å². The van der Waals surface area contributed by atoms with Crippen LogP contribution in [0.15, 0.2) is 28.7 Å². The first-order chi connectivity index (χ1) is 8.78. The Morgan fingerprint density at radius 1 is 1.05 bits per heavy atom. The van der Waals surface area contributed by atoms with Crippen LogP contribution >= 0.6 is 15.9 Å². The summed E-state index contributed by atoms with van der Waals surface area (Å²) in [5.74, 6) is 0. The van der Waals surface area contributed by atoms with Crippen LogP contribution in [-0.2, 0) is 9.31 Å². The van der Waals surface area contributed by atoms with Crippen LogP contribution in [-0.4, -0.2) is 23.3 Å². The number of H-pyrrole nitrogens is 1. The minimum absolute atomic E-state index is 0.310. The zero-order valence-corrected chi connectivity index (χ0v) is 13.2. The summed E-state index contributed by atoms with van der Waals surface area (Å²) in [4.78, 5) is 3.37. The standard InChI is InChI=1S/C14H17BBrNO2/c1-13(2)14(3,4)19-15(18-13)12-8-9-7-10(16)5-6-11(9)17-12/h5-8,17H,1-4H3. The fraction of sp³-hybridized carbons (Fsp3) is 0.429. The molecule has 0 amide bonds. The molecule has 5 heteroatoms. The Balaban J connectivity index is 1.98. The molecule has 1 aliphatic heterocycles. The summed E-state index contributed by atoms with van der Waals surface area (Å²) < 4.78 is 13.2. The van der Waals surface area contributed by atoms with Crippen molar-refractivity contribution in [2.45, 2.75) is 38.9 Å². The van der Waals surface area contributed by atoms with Crippen molar-refractivity contribution in [2.24, 2.45) is 0 Å². The van der Waals surface area contributed by atoms with E-state index >= 15 is 0 Å². The molecular weight excluding hydrogens is 305 g/mol. The first-order valence-electron chi connectivity index (χ1n) is 6.42. The van der Waals surface area contributed by atoms with E-state index < -0.39 is 0 Å². The second-order valence-electron chi connectivity index (χ2n) is 6.04. The Kier molecular flexibility index (Phi) is 2.86. The smallest absolute Gasteiger partial charge is 0.398 e. The molecule has 0 radical (unpaired) electrons. The van der Waals surface area contributed by atoms with E-state index in [9.17, 15) is 0 Å². The summed E-state index contributed by atoms with van der Waals surface area (Å²) in [6.07, 6.45) is 0. The number of rotatable bonds is 1. The van der Waals surface area contributed by atoms with Gasteiger partial charge >= 0.3 is 7.12 Å².